The third-order valence-electron chi connectivity index (χ3n) is 3.73. The van der Waals surface area contributed by atoms with E-state index >= 15 is 0 Å². The molecule has 0 aliphatic carbocycles. The summed E-state index contributed by atoms with van der Waals surface area (Å²) >= 11 is 0. The van der Waals surface area contributed by atoms with Crippen LogP contribution < -0.4 is 10.6 Å². The molecule has 4 nitrogen and oxygen atoms in total. The fraction of sp³-hybridized carbons (Fsp3) is 0.533. The number of carbonyl (C=O) groups is 1. The molecule has 1 atom stereocenters. The van der Waals surface area contributed by atoms with Gasteiger partial charge in [-0.3, -0.25) is 4.79 Å². The van der Waals surface area contributed by atoms with Gasteiger partial charge in [0.2, 0.25) is 0 Å². The van der Waals surface area contributed by atoms with Crippen LogP contribution in [0, 0.1) is 0 Å². The Labute approximate surface area is 115 Å². The molecule has 1 aromatic carbocycles. The molecule has 1 aromatic rings. The molecule has 1 amide bonds. The molecule has 0 radical (unpaired) electrons. The fourth-order valence-electron chi connectivity index (χ4n) is 2.62. The van der Waals surface area contributed by atoms with Crippen molar-refractivity contribution in [1.29, 1.82) is 0 Å². The lowest BCUT2D eigenvalue weighted by atomic mass is 10.0. The molecule has 4 heteroatoms. The third kappa shape index (κ3) is 3.47. The summed E-state index contributed by atoms with van der Waals surface area (Å²) in [5.41, 5.74) is 1.60. The van der Waals surface area contributed by atoms with Gasteiger partial charge < -0.3 is 15.5 Å². The number of likely N-dealkylation sites (N-methyl/N-ethyl adjacent to an activating group) is 1. The summed E-state index contributed by atoms with van der Waals surface area (Å²) in [5.74, 6) is 0.0212. The van der Waals surface area contributed by atoms with Gasteiger partial charge in [-0.15, -0.1) is 0 Å². The normalized spacial score (nSPS) is 20.0. The highest BCUT2D eigenvalue weighted by molar-refractivity contribution is 5.99. The van der Waals surface area contributed by atoms with E-state index in [-0.39, 0.29) is 11.9 Å². The Morgan fingerprint density at radius 2 is 2.21 bits per heavy atom. The quantitative estimate of drug-likeness (QED) is 0.870. The Morgan fingerprint density at radius 1 is 1.42 bits per heavy atom. The van der Waals surface area contributed by atoms with Crippen LogP contribution in [0.2, 0.25) is 0 Å². The maximum absolute atomic E-state index is 12.3. The van der Waals surface area contributed by atoms with Crippen molar-refractivity contribution in [2.24, 2.45) is 0 Å². The standard InChI is InChI=1S/C15H23N3O/c1-3-18-10-6-7-12(11-18)17-15(19)13-8-4-5-9-14(13)16-2/h4-5,8-9,12,16H,3,6-7,10-11H2,1-2H3,(H,17,19). The van der Waals surface area contributed by atoms with Gasteiger partial charge >= 0.3 is 0 Å². The van der Waals surface area contributed by atoms with Crippen LogP contribution in [0.5, 0.6) is 0 Å². The summed E-state index contributed by atoms with van der Waals surface area (Å²) in [6.07, 6.45) is 2.23. The highest BCUT2D eigenvalue weighted by atomic mass is 16.1. The van der Waals surface area contributed by atoms with E-state index < -0.39 is 0 Å². The van der Waals surface area contributed by atoms with Gasteiger partial charge in [0, 0.05) is 25.3 Å². The number of para-hydroxylation sites is 1. The summed E-state index contributed by atoms with van der Waals surface area (Å²) in [5, 5.41) is 6.22. The van der Waals surface area contributed by atoms with Crippen molar-refractivity contribution in [3.05, 3.63) is 29.8 Å². The number of likely N-dealkylation sites (tertiary alicyclic amines) is 1. The lowest BCUT2D eigenvalue weighted by Gasteiger charge is -2.32. The van der Waals surface area contributed by atoms with E-state index in [2.05, 4.69) is 22.5 Å². The minimum absolute atomic E-state index is 0.0212. The van der Waals surface area contributed by atoms with Gasteiger partial charge in [0.15, 0.2) is 0 Å². The Balaban J connectivity index is 2.00. The van der Waals surface area contributed by atoms with Gasteiger partial charge in [0.25, 0.3) is 5.91 Å². The number of amides is 1. The van der Waals surface area contributed by atoms with E-state index in [1.54, 1.807) is 0 Å². The van der Waals surface area contributed by atoms with Crippen LogP contribution in [0.4, 0.5) is 5.69 Å². The topological polar surface area (TPSA) is 44.4 Å². The van der Waals surface area contributed by atoms with Crippen LogP contribution in [-0.4, -0.2) is 43.5 Å². The minimum Gasteiger partial charge on any atom is -0.387 e. The second-order valence-electron chi connectivity index (χ2n) is 5.00. The van der Waals surface area contributed by atoms with Gasteiger partial charge in [-0.2, -0.15) is 0 Å². The molecule has 0 bridgehead atoms. The predicted molar refractivity (Wildman–Crippen MR) is 78.6 cm³/mol. The Bertz CT molecular complexity index is 433. The van der Waals surface area contributed by atoms with Crippen LogP contribution in [0.15, 0.2) is 24.3 Å². The number of hydrogen-bond donors (Lipinski definition) is 2. The summed E-state index contributed by atoms with van der Waals surface area (Å²) in [6, 6.07) is 7.89. The molecule has 104 valence electrons. The molecule has 1 aliphatic rings. The maximum Gasteiger partial charge on any atom is 0.253 e. The largest absolute Gasteiger partial charge is 0.387 e. The molecule has 1 heterocycles. The van der Waals surface area contributed by atoms with E-state index in [0.717, 1.165) is 43.7 Å². The molecule has 1 saturated heterocycles. The first-order valence-corrected chi connectivity index (χ1v) is 7.04. The number of piperidine rings is 1. The van der Waals surface area contributed by atoms with Crippen molar-refractivity contribution in [2.75, 3.05) is 32.0 Å². The van der Waals surface area contributed by atoms with E-state index in [1.165, 1.54) is 0 Å². The van der Waals surface area contributed by atoms with Gasteiger partial charge in [-0.25, -0.2) is 0 Å². The zero-order chi connectivity index (χ0) is 13.7. The average Bonchev–Trinajstić information content (AvgIpc) is 2.47. The SMILES string of the molecule is CCN1CCCC(NC(=O)c2ccccc2NC)C1. The highest BCUT2D eigenvalue weighted by Gasteiger charge is 2.21. The molecule has 2 rings (SSSR count). The second-order valence-corrected chi connectivity index (χ2v) is 5.00. The number of benzene rings is 1. The minimum atomic E-state index is 0.0212. The van der Waals surface area contributed by atoms with Crippen LogP contribution in [0.25, 0.3) is 0 Å². The average molecular weight is 261 g/mol. The molecular weight excluding hydrogens is 238 g/mol. The first kappa shape index (κ1) is 13.9. The van der Waals surface area contributed by atoms with Gasteiger partial charge in [0.1, 0.15) is 0 Å². The molecule has 1 fully saturated rings. The van der Waals surface area contributed by atoms with Crippen molar-refractivity contribution < 1.29 is 4.79 Å². The van der Waals surface area contributed by atoms with Gasteiger partial charge in [-0.05, 0) is 38.1 Å². The number of hydrogen-bond acceptors (Lipinski definition) is 3. The smallest absolute Gasteiger partial charge is 0.253 e. The van der Waals surface area contributed by atoms with Gasteiger partial charge in [-0.1, -0.05) is 19.1 Å². The van der Waals surface area contributed by atoms with E-state index in [4.69, 9.17) is 0 Å². The molecule has 1 unspecified atom stereocenters. The van der Waals surface area contributed by atoms with E-state index in [1.807, 2.05) is 31.3 Å². The second kappa shape index (κ2) is 6.57. The Morgan fingerprint density at radius 3 is 2.95 bits per heavy atom. The third-order valence-corrected chi connectivity index (χ3v) is 3.73. The summed E-state index contributed by atoms with van der Waals surface area (Å²) in [7, 11) is 1.84. The maximum atomic E-state index is 12.3. The molecule has 19 heavy (non-hydrogen) atoms. The predicted octanol–water partition coefficient (Wildman–Crippen LogP) is 1.94. The zero-order valence-electron chi connectivity index (χ0n) is 11.8. The number of nitrogens with zero attached hydrogens (tertiary/aromatic N) is 1. The van der Waals surface area contributed by atoms with E-state index in [9.17, 15) is 4.79 Å². The summed E-state index contributed by atoms with van der Waals surface area (Å²) in [4.78, 5) is 14.7. The van der Waals surface area contributed by atoms with Crippen LogP contribution in [0.1, 0.15) is 30.1 Å². The number of nitrogens with one attached hydrogen (secondary N) is 2. The number of carbonyl (C=O) groups excluding carboxylic acids is 1. The first-order valence-electron chi connectivity index (χ1n) is 7.04. The molecule has 1 aliphatic heterocycles. The molecule has 0 aromatic heterocycles. The van der Waals surface area contributed by atoms with Crippen LogP contribution >= 0.6 is 0 Å². The van der Waals surface area contributed by atoms with Gasteiger partial charge in [0.05, 0.1) is 5.56 Å². The van der Waals surface area contributed by atoms with Crippen molar-refractivity contribution in [3.8, 4) is 0 Å². The molecular formula is C15H23N3O. The zero-order valence-corrected chi connectivity index (χ0v) is 11.8. The van der Waals surface area contributed by atoms with Crippen LogP contribution in [0.3, 0.4) is 0 Å². The lowest BCUT2D eigenvalue weighted by molar-refractivity contribution is 0.0906. The lowest BCUT2D eigenvalue weighted by Crippen LogP contribution is -2.47. The number of rotatable bonds is 4. The van der Waals surface area contributed by atoms with Crippen molar-refractivity contribution in [1.82, 2.24) is 10.2 Å². The summed E-state index contributed by atoms with van der Waals surface area (Å²) < 4.78 is 0. The molecule has 0 saturated carbocycles. The fourth-order valence-corrected chi connectivity index (χ4v) is 2.62. The Hall–Kier alpha value is -1.55. The summed E-state index contributed by atoms with van der Waals surface area (Å²) in [6.45, 7) is 5.33. The Kier molecular flexibility index (Phi) is 4.80. The molecule has 2 N–H and O–H groups in total. The monoisotopic (exact) mass is 261 g/mol. The van der Waals surface area contributed by atoms with Crippen LogP contribution in [-0.2, 0) is 0 Å². The first-order chi connectivity index (χ1) is 9.24. The van der Waals surface area contributed by atoms with E-state index in [0.29, 0.717) is 0 Å². The van der Waals surface area contributed by atoms with Crippen molar-refractivity contribution >= 4 is 11.6 Å². The number of anilines is 1. The van der Waals surface area contributed by atoms with Crippen molar-refractivity contribution in [2.45, 2.75) is 25.8 Å². The highest BCUT2D eigenvalue weighted by Crippen LogP contribution is 2.15. The van der Waals surface area contributed by atoms with Crippen molar-refractivity contribution in [3.63, 3.8) is 0 Å². The molecule has 0 spiro atoms.